The molecule has 4 aromatic rings. The molecule has 2 aromatic carbocycles. The van der Waals surface area contributed by atoms with Crippen LogP contribution in [0.5, 0.6) is 0 Å². The molecule has 0 aliphatic carbocycles. The van der Waals surface area contributed by atoms with Gasteiger partial charge in [0.15, 0.2) is 10.4 Å². The maximum atomic E-state index is 5.51. The molecule has 0 amide bonds. The molecule has 0 spiro atoms. The standard InChI is InChI=1S/C17H13N3S/c1-11-9-10-14-16(18-11)20(17(21)19-14)15-8-4-6-12-5-2-3-7-13(12)15/h2-10H,1H3,(H,19,21). The minimum Gasteiger partial charge on any atom is -0.329 e. The summed E-state index contributed by atoms with van der Waals surface area (Å²) >= 11 is 5.51. The molecule has 4 heteroatoms. The molecule has 21 heavy (non-hydrogen) atoms. The van der Waals surface area contributed by atoms with Gasteiger partial charge in [0.25, 0.3) is 0 Å². The van der Waals surface area contributed by atoms with Gasteiger partial charge in [-0.05, 0) is 42.7 Å². The summed E-state index contributed by atoms with van der Waals surface area (Å²) < 4.78 is 2.68. The number of fused-ring (bicyclic) bond motifs is 2. The molecule has 0 bridgehead atoms. The van der Waals surface area contributed by atoms with Gasteiger partial charge in [0.2, 0.25) is 0 Å². The third kappa shape index (κ3) is 1.87. The Hall–Kier alpha value is -2.46. The number of aryl methyl sites for hydroxylation is 1. The van der Waals surface area contributed by atoms with Crippen molar-refractivity contribution in [1.29, 1.82) is 0 Å². The Labute approximate surface area is 126 Å². The molecule has 4 rings (SSSR count). The van der Waals surface area contributed by atoms with Gasteiger partial charge in [0.05, 0.1) is 11.2 Å². The van der Waals surface area contributed by atoms with Gasteiger partial charge in [-0.25, -0.2) is 4.98 Å². The Morgan fingerprint density at radius 2 is 1.81 bits per heavy atom. The van der Waals surface area contributed by atoms with Crippen LogP contribution in [-0.4, -0.2) is 14.5 Å². The van der Waals surface area contributed by atoms with Gasteiger partial charge in [-0.1, -0.05) is 36.4 Å². The van der Waals surface area contributed by atoms with E-state index in [-0.39, 0.29) is 0 Å². The van der Waals surface area contributed by atoms with Gasteiger partial charge in [-0.2, -0.15) is 0 Å². The molecule has 102 valence electrons. The molecule has 0 unspecified atom stereocenters. The van der Waals surface area contributed by atoms with Crippen LogP contribution in [0.2, 0.25) is 0 Å². The van der Waals surface area contributed by atoms with Gasteiger partial charge in [-0.3, -0.25) is 4.57 Å². The van der Waals surface area contributed by atoms with E-state index in [1.54, 1.807) is 0 Å². The Morgan fingerprint density at radius 3 is 2.71 bits per heavy atom. The van der Waals surface area contributed by atoms with Crippen LogP contribution in [0, 0.1) is 11.7 Å². The molecule has 0 saturated heterocycles. The molecule has 0 fully saturated rings. The number of aromatic amines is 1. The summed E-state index contributed by atoms with van der Waals surface area (Å²) in [7, 11) is 0. The van der Waals surface area contributed by atoms with Crippen LogP contribution < -0.4 is 0 Å². The fraction of sp³-hybridized carbons (Fsp3) is 0.0588. The first-order chi connectivity index (χ1) is 10.2. The maximum absolute atomic E-state index is 5.51. The SMILES string of the molecule is Cc1ccc2[nH]c(=S)n(-c3cccc4ccccc34)c2n1. The van der Waals surface area contributed by atoms with E-state index >= 15 is 0 Å². The summed E-state index contributed by atoms with van der Waals surface area (Å²) in [5, 5.41) is 2.36. The summed E-state index contributed by atoms with van der Waals surface area (Å²) in [6, 6.07) is 18.6. The van der Waals surface area contributed by atoms with Crippen LogP contribution >= 0.6 is 12.2 Å². The first-order valence-electron chi connectivity index (χ1n) is 6.80. The molecular weight excluding hydrogens is 278 g/mol. The predicted octanol–water partition coefficient (Wildman–Crippen LogP) is 4.54. The molecule has 0 aliphatic rings. The number of benzene rings is 2. The number of hydrogen-bond donors (Lipinski definition) is 1. The highest BCUT2D eigenvalue weighted by molar-refractivity contribution is 7.71. The minimum absolute atomic E-state index is 0.666. The molecule has 1 N–H and O–H groups in total. The first-order valence-corrected chi connectivity index (χ1v) is 7.21. The zero-order valence-electron chi connectivity index (χ0n) is 11.5. The van der Waals surface area contributed by atoms with E-state index in [9.17, 15) is 0 Å². The molecular formula is C17H13N3S. The lowest BCUT2D eigenvalue weighted by Crippen LogP contribution is -1.97. The number of aromatic nitrogens is 3. The van der Waals surface area contributed by atoms with Gasteiger partial charge >= 0.3 is 0 Å². The molecule has 0 atom stereocenters. The summed E-state index contributed by atoms with van der Waals surface area (Å²) in [6.45, 7) is 1.99. The fourth-order valence-electron chi connectivity index (χ4n) is 2.71. The van der Waals surface area contributed by atoms with Crippen LogP contribution in [-0.2, 0) is 0 Å². The Balaban J connectivity index is 2.16. The number of rotatable bonds is 1. The lowest BCUT2D eigenvalue weighted by Gasteiger charge is -2.08. The van der Waals surface area contributed by atoms with Crippen molar-refractivity contribution >= 4 is 34.2 Å². The van der Waals surface area contributed by atoms with Crippen LogP contribution in [0.15, 0.2) is 54.6 Å². The lowest BCUT2D eigenvalue weighted by atomic mass is 10.1. The highest BCUT2D eigenvalue weighted by Crippen LogP contribution is 2.25. The fourth-order valence-corrected chi connectivity index (χ4v) is 3.00. The van der Waals surface area contributed by atoms with Crippen LogP contribution in [0.3, 0.4) is 0 Å². The van der Waals surface area contributed by atoms with E-state index in [4.69, 9.17) is 12.2 Å². The third-order valence-electron chi connectivity index (χ3n) is 3.68. The topological polar surface area (TPSA) is 33.6 Å². The normalized spacial score (nSPS) is 11.3. The smallest absolute Gasteiger partial charge is 0.184 e. The van der Waals surface area contributed by atoms with Gasteiger partial charge in [-0.15, -0.1) is 0 Å². The molecule has 3 nitrogen and oxygen atoms in total. The molecule has 0 aliphatic heterocycles. The zero-order chi connectivity index (χ0) is 14.4. The summed E-state index contributed by atoms with van der Waals surface area (Å²) in [4.78, 5) is 7.88. The van der Waals surface area contributed by atoms with Crippen molar-refractivity contribution in [3.8, 4) is 5.69 Å². The van der Waals surface area contributed by atoms with Crippen molar-refractivity contribution in [2.24, 2.45) is 0 Å². The van der Waals surface area contributed by atoms with E-state index in [0.29, 0.717) is 4.77 Å². The Bertz CT molecular complexity index is 1020. The van der Waals surface area contributed by atoms with Crippen LogP contribution in [0.1, 0.15) is 5.69 Å². The van der Waals surface area contributed by atoms with Gasteiger partial charge in [0, 0.05) is 11.1 Å². The van der Waals surface area contributed by atoms with E-state index in [0.717, 1.165) is 22.5 Å². The zero-order valence-corrected chi connectivity index (χ0v) is 12.3. The minimum atomic E-state index is 0.666. The van der Waals surface area contributed by atoms with Crippen molar-refractivity contribution in [3.63, 3.8) is 0 Å². The molecule has 0 radical (unpaired) electrons. The van der Waals surface area contributed by atoms with Crippen molar-refractivity contribution in [1.82, 2.24) is 14.5 Å². The predicted molar refractivity (Wildman–Crippen MR) is 88.5 cm³/mol. The highest BCUT2D eigenvalue weighted by atomic mass is 32.1. The second-order valence-electron chi connectivity index (χ2n) is 5.09. The second-order valence-corrected chi connectivity index (χ2v) is 5.47. The number of pyridine rings is 1. The average molecular weight is 291 g/mol. The Kier molecular flexibility index (Phi) is 2.65. The van der Waals surface area contributed by atoms with Gasteiger partial charge in [0.1, 0.15) is 0 Å². The lowest BCUT2D eigenvalue weighted by molar-refractivity contribution is 1.05. The number of H-pyrrole nitrogens is 1. The van der Waals surface area contributed by atoms with Gasteiger partial charge < -0.3 is 4.98 Å². The first kappa shape index (κ1) is 12.3. The summed E-state index contributed by atoms with van der Waals surface area (Å²) in [6.07, 6.45) is 0. The third-order valence-corrected chi connectivity index (χ3v) is 3.96. The van der Waals surface area contributed by atoms with E-state index in [2.05, 4.69) is 34.2 Å². The second kappa shape index (κ2) is 4.53. The monoisotopic (exact) mass is 291 g/mol. The number of nitrogens with one attached hydrogen (secondary N) is 1. The Morgan fingerprint density at radius 1 is 1.00 bits per heavy atom. The summed E-state index contributed by atoms with van der Waals surface area (Å²) in [5.74, 6) is 0. The van der Waals surface area contributed by atoms with Crippen molar-refractivity contribution in [2.45, 2.75) is 6.92 Å². The van der Waals surface area contributed by atoms with Crippen molar-refractivity contribution in [3.05, 3.63) is 65.1 Å². The quantitative estimate of drug-likeness (QED) is 0.522. The molecule has 0 saturated carbocycles. The molecule has 2 heterocycles. The summed E-state index contributed by atoms with van der Waals surface area (Å²) in [5.41, 5.74) is 3.86. The molecule has 2 aromatic heterocycles. The van der Waals surface area contributed by atoms with Crippen LogP contribution in [0.4, 0.5) is 0 Å². The van der Waals surface area contributed by atoms with E-state index in [1.165, 1.54) is 10.8 Å². The van der Waals surface area contributed by atoms with Crippen molar-refractivity contribution < 1.29 is 0 Å². The number of nitrogens with zero attached hydrogens (tertiary/aromatic N) is 2. The number of imidazole rings is 1. The number of hydrogen-bond acceptors (Lipinski definition) is 2. The van der Waals surface area contributed by atoms with Crippen LogP contribution in [0.25, 0.3) is 27.6 Å². The van der Waals surface area contributed by atoms with E-state index in [1.807, 2.05) is 41.8 Å². The van der Waals surface area contributed by atoms with Crippen molar-refractivity contribution in [2.75, 3.05) is 0 Å². The average Bonchev–Trinajstić information content (AvgIpc) is 2.82. The largest absolute Gasteiger partial charge is 0.329 e. The maximum Gasteiger partial charge on any atom is 0.184 e. The van der Waals surface area contributed by atoms with E-state index < -0.39 is 0 Å². The highest BCUT2D eigenvalue weighted by Gasteiger charge is 2.10.